The first-order valence-electron chi connectivity index (χ1n) is 6.88. The fourth-order valence-electron chi connectivity index (χ4n) is 2.24. The van der Waals surface area contributed by atoms with Crippen molar-refractivity contribution in [2.75, 3.05) is 20.6 Å². The summed E-state index contributed by atoms with van der Waals surface area (Å²) in [5.74, 6) is 0.405. The molecule has 3 N–H and O–H groups in total. The molecule has 0 amide bonds. The van der Waals surface area contributed by atoms with Gasteiger partial charge in [-0.05, 0) is 50.6 Å². The van der Waals surface area contributed by atoms with Crippen LogP contribution in [-0.4, -0.2) is 40.0 Å². The van der Waals surface area contributed by atoms with Crippen LogP contribution >= 0.6 is 0 Å². The van der Waals surface area contributed by atoms with E-state index in [-0.39, 0.29) is 6.04 Å². The van der Waals surface area contributed by atoms with Crippen molar-refractivity contribution in [1.82, 2.24) is 9.62 Å². The lowest BCUT2D eigenvalue weighted by atomic mass is 10.2. The zero-order valence-corrected chi connectivity index (χ0v) is 12.9. The molecule has 1 aliphatic rings. The smallest absolute Gasteiger partial charge is 0.240 e. The van der Waals surface area contributed by atoms with E-state index < -0.39 is 10.0 Å². The van der Waals surface area contributed by atoms with Gasteiger partial charge in [0.25, 0.3) is 0 Å². The zero-order valence-electron chi connectivity index (χ0n) is 12.0. The monoisotopic (exact) mass is 297 g/mol. The summed E-state index contributed by atoms with van der Waals surface area (Å²) in [6, 6.07) is 6.87. The molecular formula is C14H23N3O2S. The van der Waals surface area contributed by atoms with E-state index in [1.54, 1.807) is 12.1 Å². The molecule has 20 heavy (non-hydrogen) atoms. The number of nitrogens with two attached hydrogens (primary N) is 1. The van der Waals surface area contributed by atoms with Gasteiger partial charge in [-0.3, -0.25) is 0 Å². The Kier molecular flexibility index (Phi) is 4.80. The molecule has 0 saturated heterocycles. The molecule has 2 rings (SSSR count). The number of nitrogens with zero attached hydrogens (tertiary/aromatic N) is 1. The highest BCUT2D eigenvalue weighted by Crippen LogP contribution is 2.32. The van der Waals surface area contributed by atoms with Gasteiger partial charge in [0.1, 0.15) is 0 Å². The zero-order chi connectivity index (χ0) is 14.8. The average Bonchev–Trinajstić information content (AvgIpc) is 3.20. The Morgan fingerprint density at radius 2 is 1.90 bits per heavy atom. The summed E-state index contributed by atoms with van der Waals surface area (Å²) in [6.45, 7) is 1.14. The number of sulfonamides is 1. The molecular weight excluding hydrogens is 274 g/mol. The van der Waals surface area contributed by atoms with Crippen LogP contribution in [0.5, 0.6) is 0 Å². The summed E-state index contributed by atoms with van der Waals surface area (Å²) < 4.78 is 27.3. The van der Waals surface area contributed by atoms with Crippen molar-refractivity contribution >= 4 is 10.0 Å². The predicted molar refractivity (Wildman–Crippen MR) is 79.7 cm³/mol. The maximum Gasteiger partial charge on any atom is 0.240 e. The van der Waals surface area contributed by atoms with Gasteiger partial charge in [-0.15, -0.1) is 0 Å². The van der Waals surface area contributed by atoms with Crippen molar-refractivity contribution in [2.45, 2.75) is 30.3 Å². The molecule has 1 fully saturated rings. The second-order valence-electron chi connectivity index (χ2n) is 5.68. The average molecular weight is 297 g/mol. The molecule has 5 nitrogen and oxygen atoms in total. The molecule has 0 radical (unpaired) electrons. The van der Waals surface area contributed by atoms with Crippen molar-refractivity contribution in [3.63, 3.8) is 0 Å². The molecule has 1 saturated carbocycles. The molecule has 0 bridgehead atoms. The summed E-state index contributed by atoms with van der Waals surface area (Å²) >= 11 is 0. The van der Waals surface area contributed by atoms with Crippen LogP contribution in [-0.2, 0) is 16.6 Å². The van der Waals surface area contributed by atoms with E-state index in [0.29, 0.717) is 17.4 Å². The lowest BCUT2D eigenvalue weighted by Gasteiger charge is -2.16. The van der Waals surface area contributed by atoms with E-state index in [4.69, 9.17) is 5.73 Å². The highest BCUT2D eigenvalue weighted by molar-refractivity contribution is 7.89. The Balaban J connectivity index is 2.08. The SMILES string of the molecule is CN(C)Cc1ccc(S(=O)(=O)NC(CN)C2CC2)cc1. The van der Waals surface area contributed by atoms with Crippen molar-refractivity contribution in [3.8, 4) is 0 Å². The molecule has 1 aromatic carbocycles. The summed E-state index contributed by atoms with van der Waals surface area (Å²) in [5.41, 5.74) is 6.73. The minimum atomic E-state index is -3.47. The molecule has 0 aliphatic heterocycles. The van der Waals surface area contributed by atoms with Gasteiger partial charge in [-0.25, -0.2) is 13.1 Å². The first-order valence-corrected chi connectivity index (χ1v) is 8.37. The second-order valence-corrected chi connectivity index (χ2v) is 7.40. The molecule has 1 aromatic rings. The van der Waals surface area contributed by atoms with Crippen molar-refractivity contribution < 1.29 is 8.42 Å². The number of hydrogen-bond donors (Lipinski definition) is 2. The first-order chi connectivity index (χ1) is 9.42. The highest BCUT2D eigenvalue weighted by atomic mass is 32.2. The lowest BCUT2D eigenvalue weighted by Crippen LogP contribution is -2.41. The molecule has 0 spiro atoms. The van der Waals surface area contributed by atoms with Gasteiger partial charge in [-0.2, -0.15) is 0 Å². The topological polar surface area (TPSA) is 75.4 Å². The summed E-state index contributed by atoms with van der Waals surface area (Å²) in [6.07, 6.45) is 2.12. The Morgan fingerprint density at radius 3 is 2.35 bits per heavy atom. The third-order valence-electron chi connectivity index (χ3n) is 3.48. The molecule has 1 aliphatic carbocycles. The van der Waals surface area contributed by atoms with Gasteiger partial charge in [0.05, 0.1) is 4.90 Å². The number of benzene rings is 1. The maximum absolute atomic E-state index is 12.3. The fraction of sp³-hybridized carbons (Fsp3) is 0.571. The Morgan fingerprint density at radius 1 is 1.30 bits per heavy atom. The Bertz CT molecular complexity index is 536. The van der Waals surface area contributed by atoms with E-state index in [1.165, 1.54) is 0 Å². The normalized spacial score (nSPS) is 17.4. The summed E-state index contributed by atoms with van der Waals surface area (Å²) in [4.78, 5) is 2.35. The minimum Gasteiger partial charge on any atom is -0.329 e. The molecule has 6 heteroatoms. The predicted octanol–water partition coefficient (Wildman–Crippen LogP) is 0.764. The van der Waals surface area contributed by atoms with Crippen LogP contribution in [0.3, 0.4) is 0 Å². The van der Waals surface area contributed by atoms with Gasteiger partial charge >= 0.3 is 0 Å². The van der Waals surface area contributed by atoms with E-state index in [2.05, 4.69) is 4.72 Å². The van der Waals surface area contributed by atoms with Gasteiger partial charge in [0, 0.05) is 19.1 Å². The minimum absolute atomic E-state index is 0.138. The fourth-order valence-corrected chi connectivity index (χ4v) is 3.56. The highest BCUT2D eigenvalue weighted by Gasteiger charge is 2.33. The van der Waals surface area contributed by atoms with Crippen molar-refractivity contribution in [2.24, 2.45) is 11.7 Å². The molecule has 0 aromatic heterocycles. The van der Waals surface area contributed by atoms with Crippen LogP contribution in [0.15, 0.2) is 29.2 Å². The summed E-state index contributed by atoms with van der Waals surface area (Å²) in [5, 5.41) is 0. The van der Waals surface area contributed by atoms with Gasteiger partial charge < -0.3 is 10.6 Å². The third-order valence-corrected chi connectivity index (χ3v) is 4.99. The number of rotatable bonds is 7. The van der Waals surface area contributed by atoms with Gasteiger partial charge in [0.15, 0.2) is 0 Å². The molecule has 112 valence electrons. The van der Waals surface area contributed by atoms with Crippen LogP contribution in [0, 0.1) is 5.92 Å². The largest absolute Gasteiger partial charge is 0.329 e. The molecule has 1 unspecified atom stereocenters. The Labute approximate surface area is 121 Å². The molecule has 1 atom stereocenters. The van der Waals surface area contributed by atoms with Crippen LogP contribution in [0.1, 0.15) is 18.4 Å². The summed E-state index contributed by atoms with van der Waals surface area (Å²) in [7, 11) is 0.494. The Hall–Kier alpha value is -0.950. The van der Waals surface area contributed by atoms with Crippen molar-refractivity contribution in [3.05, 3.63) is 29.8 Å². The first kappa shape index (κ1) is 15.4. The van der Waals surface area contributed by atoms with Gasteiger partial charge in [0.2, 0.25) is 10.0 Å². The maximum atomic E-state index is 12.3. The van der Waals surface area contributed by atoms with Crippen molar-refractivity contribution in [1.29, 1.82) is 0 Å². The number of nitrogens with one attached hydrogen (secondary N) is 1. The van der Waals surface area contributed by atoms with Crippen LogP contribution < -0.4 is 10.5 Å². The van der Waals surface area contributed by atoms with Crippen LogP contribution in [0.4, 0.5) is 0 Å². The number of hydrogen-bond acceptors (Lipinski definition) is 4. The van der Waals surface area contributed by atoms with E-state index in [1.807, 2.05) is 31.1 Å². The van der Waals surface area contributed by atoms with Crippen LogP contribution in [0.2, 0.25) is 0 Å². The van der Waals surface area contributed by atoms with E-state index >= 15 is 0 Å². The van der Waals surface area contributed by atoms with Crippen LogP contribution in [0.25, 0.3) is 0 Å². The van der Waals surface area contributed by atoms with E-state index in [9.17, 15) is 8.42 Å². The lowest BCUT2D eigenvalue weighted by molar-refractivity contribution is 0.402. The quantitative estimate of drug-likeness (QED) is 0.779. The standard InChI is InChI=1S/C14H23N3O2S/c1-17(2)10-11-3-7-13(8-4-11)20(18,19)16-14(9-15)12-5-6-12/h3-4,7-8,12,14,16H,5-6,9-10,15H2,1-2H3. The van der Waals surface area contributed by atoms with Gasteiger partial charge in [-0.1, -0.05) is 12.1 Å². The molecule has 0 heterocycles. The third kappa shape index (κ3) is 4.02. The second kappa shape index (κ2) is 6.22. The van der Waals surface area contributed by atoms with E-state index in [0.717, 1.165) is 24.9 Å².